The third kappa shape index (κ3) is 5.47. The molecular formula is C11H13F3N2O3S. The van der Waals surface area contributed by atoms with Crippen LogP contribution in [0, 0.1) is 0 Å². The van der Waals surface area contributed by atoms with Crippen molar-refractivity contribution in [2.75, 3.05) is 24.3 Å². The molecule has 1 aromatic rings. The summed E-state index contributed by atoms with van der Waals surface area (Å²) in [7, 11) is -1.04. The van der Waals surface area contributed by atoms with Gasteiger partial charge >= 0.3 is 6.36 Å². The predicted octanol–water partition coefficient (Wildman–Crippen LogP) is 1.28. The van der Waals surface area contributed by atoms with Crippen LogP contribution in [-0.4, -0.2) is 35.0 Å². The van der Waals surface area contributed by atoms with Crippen LogP contribution in [0.3, 0.4) is 0 Å². The average Bonchev–Trinajstić information content (AvgIpc) is 2.29. The van der Waals surface area contributed by atoms with E-state index in [1.807, 2.05) is 0 Å². The number of nitrogens with two attached hydrogens (primary N) is 1. The average molecular weight is 310 g/mol. The van der Waals surface area contributed by atoms with E-state index in [0.717, 1.165) is 18.2 Å². The van der Waals surface area contributed by atoms with E-state index in [1.54, 1.807) is 0 Å². The molecule has 112 valence electrons. The highest BCUT2D eigenvalue weighted by atomic mass is 32.2. The molecule has 0 aliphatic heterocycles. The highest BCUT2D eigenvalue weighted by Gasteiger charge is 2.32. The Bertz CT molecular complexity index is 520. The summed E-state index contributed by atoms with van der Waals surface area (Å²) in [5, 5.41) is 2.47. The Labute approximate surface area is 115 Å². The second-order valence-corrected chi connectivity index (χ2v) is 5.39. The van der Waals surface area contributed by atoms with Crippen molar-refractivity contribution >= 4 is 22.4 Å². The lowest BCUT2D eigenvalue weighted by Gasteiger charge is -2.12. The van der Waals surface area contributed by atoms with Crippen LogP contribution < -0.4 is 15.8 Å². The van der Waals surface area contributed by atoms with Crippen molar-refractivity contribution in [2.24, 2.45) is 0 Å². The molecule has 0 fully saturated rings. The first kappa shape index (κ1) is 16.3. The zero-order chi connectivity index (χ0) is 15.3. The summed E-state index contributed by atoms with van der Waals surface area (Å²) in [5.41, 5.74) is 5.19. The van der Waals surface area contributed by atoms with Gasteiger partial charge in [0.2, 0.25) is 0 Å². The Morgan fingerprint density at radius 3 is 2.60 bits per heavy atom. The summed E-state index contributed by atoms with van der Waals surface area (Å²) in [6.45, 7) is 0.197. The summed E-state index contributed by atoms with van der Waals surface area (Å²) < 4.78 is 50.6. The first-order valence-electron chi connectivity index (χ1n) is 5.42. The summed E-state index contributed by atoms with van der Waals surface area (Å²) in [6, 6.07) is 3.21. The molecule has 0 aromatic heterocycles. The second-order valence-electron chi connectivity index (χ2n) is 3.83. The van der Waals surface area contributed by atoms with Crippen LogP contribution in [0.1, 0.15) is 10.4 Å². The number of benzene rings is 1. The summed E-state index contributed by atoms with van der Waals surface area (Å²) in [6.07, 6.45) is -3.35. The topological polar surface area (TPSA) is 81.4 Å². The molecule has 3 N–H and O–H groups in total. The smallest absolute Gasteiger partial charge is 0.404 e. The fourth-order valence-corrected chi connectivity index (χ4v) is 1.71. The van der Waals surface area contributed by atoms with E-state index < -0.39 is 28.8 Å². The lowest BCUT2D eigenvalue weighted by Crippen LogP contribution is -2.27. The first-order chi connectivity index (χ1) is 9.19. The summed E-state index contributed by atoms with van der Waals surface area (Å²) in [5.74, 6) is -0.791. The van der Waals surface area contributed by atoms with Crippen molar-refractivity contribution in [1.82, 2.24) is 5.32 Å². The third-order valence-corrected chi connectivity index (χ3v) is 2.95. The Hall–Kier alpha value is -1.77. The van der Waals surface area contributed by atoms with E-state index in [9.17, 15) is 22.2 Å². The van der Waals surface area contributed by atoms with Gasteiger partial charge in [-0.1, -0.05) is 0 Å². The lowest BCUT2D eigenvalue weighted by molar-refractivity contribution is -0.274. The standard InChI is InChI=1S/C11H13F3N2O3S/c1-20(18)5-4-16-10(17)7-2-3-9(8(15)6-7)19-11(12,13)14/h2-3,6H,4-5,15H2,1H3,(H,16,17). The van der Waals surface area contributed by atoms with E-state index in [4.69, 9.17) is 5.73 Å². The number of ether oxygens (including phenoxy) is 1. The van der Waals surface area contributed by atoms with E-state index in [1.165, 1.54) is 6.26 Å². The Balaban J connectivity index is 2.71. The zero-order valence-corrected chi connectivity index (χ0v) is 11.3. The minimum atomic E-state index is -4.84. The molecule has 1 rings (SSSR count). The molecule has 1 unspecified atom stereocenters. The number of halogens is 3. The van der Waals surface area contributed by atoms with Crippen molar-refractivity contribution < 1.29 is 26.9 Å². The highest BCUT2D eigenvalue weighted by molar-refractivity contribution is 7.84. The summed E-state index contributed by atoms with van der Waals surface area (Å²) in [4.78, 5) is 11.6. The van der Waals surface area contributed by atoms with Gasteiger partial charge in [0.25, 0.3) is 5.91 Å². The van der Waals surface area contributed by atoms with Crippen LogP contribution in [0.5, 0.6) is 5.75 Å². The maximum atomic E-state index is 12.0. The van der Waals surface area contributed by atoms with E-state index >= 15 is 0 Å². The van der Waals surface area contributed by atoms with Crippen LogP contribution in [0.4, 0.5) is 18.9 Å². The molecule has 0 radical (unpaired) electrons. The predicted molar refractivity (Wildman–Crippen MR) is 68.8 cm³/mol. The van der Waals surface area contributed by atoms with Gasteiger partial charge in [-0.15, -0.1) is 13.2 Å². The SMILES string of the molecule is CS(=O)CCNC(=O)c1ccc(OC(F)(F)F)c(N)c1. The number of carbonyl (C=O) groups excluding carboxylic acids is 1. The normalized spacial score (nSPS) is 12.8. The van der Waals surface area contributed by atoms with Crippen LogP contribution in [0.15, 0.2) is 18.2 Å². The highest BCUT2D eigenvalue weighted by Crippen LogP contribution is 2.28. The van der Waals surface area contributed by atoms with Crippen molar-refractivity contribution in [3.63, 3.8) is 0 Å². The number of hydrogen-bond donors (Lipinski definition) is 2. The second kappa shape index (κ2) is 6.60. The quantitative estimate of drug-likeness (QED) is 0.803. The van der Waals surface area contributed by atoms with Crippen LogP contribution >= 0.6 is 0 Å². The van der Waals surface area contributed by atoms with Crippen molar-refractivity contribution in [3.05, 3.63) is 23.8 Å². The van der Waals surface area contributed by atoms with E-state index in [2.05, 4.69) is 10.1 Å². The Morgan fingerprint density at radius 1 is 1.45 bits per heavy atom. The van der Waals surface area contributed by atoms with Crippen molar-refractivity contribution in [1.29, 1.82) is 0 Å². The number of nitrogens with one attached hydrogen (secondary N) is 1. The molecule has 0 saturated heterocycles. The number of alkyl halides is 3. The van der Waals surface area contributed by atoms with Gasteiger partial charge in [-0.2, -0.15) is 0 Å². The molecule has 0 aliphatic rings. The number of nitrogen functional groups attached to an aromatic ring is 1. The fourth-order valence-electron chi connectivity index (χ4n) is 1.32. The molecule has 0 saturated carbocycles. The minimum Gasteiger partial charge on any atom is -0.404 e. The monoisotopic (exact) mass is 310 g/mol. The molecule has 0 spiro atoms. The largest absolute Gasteiger partial charge is 0.573 e. The molecule has 9 heteroatoms. The number of hydrogen-bond acceptors (Lipinski definition) is 4. The first-order valence-corrected chi connectivity index (χ1v) is 7.15. The molecule has 1 atom stereocenters. The fraction of sp³-hybridized carbons (Fsp3) is 0.364. The number of amides is 1. The third-order valence-electron chi connectivity index (χ3n) is 2.17. The van der Waals surface area contributed by atoms with E-state index in [0.29, 0.717) is 0 Å². The van der Waals surface area contributed by atoms with Gasteiger partial charge in [-0.3, -0.25) is 9.00 Å². The Morgan fingerprint density at radius 2 is 2.10 bits per heavy atom. The number of rotatable bonds is 5. The van der Waals surface area contributed by atoms with E-state index in [-0.39, 0.29) is 23.5 Å². The molecule has 5 nitrogen and oxygen atoms in total. The maximum Gasteiger partial charge on any atom is 0.573 e. The van der Waals surface area contributed by atoms with Gasteiger partial charge < -0.3 is 15.8 Å². The zero-order valence-electron chi connectivity index (χ0n) is 10.5. The van der Waals surface area contributed by atoms with Crippen LogP contribution in [-0.2, 0) is 10.8 Å². The molecule has 1 amide bonds. The van der Waals surface area contributed by atoms with Gasteiger partial charge in [0.15, 0.2) is 5.75 Å². The minimum absolute atomic E-state index is 0.0962. The van der Waals surface area contributed by atoms with Crippen LogP contribution in [0.25, 0.3) is 0 Å². The molecule has 0 heterocycles. The molecule has 0 bridgehead atoms. The van der Waals surface area contributed by atoms with Gasteiger partial charge in [-0.25, -0.2) is 0 Å². The molecule has 20 heavy (non-hydrogen) atoms. The number of carbonyl (C=O) groups is 1. The number of anilines is 1. The lowest BCUT2D eigenvalue weighted by atomic mass is 10.2. The van der Waals surface area contributed by atoms with Gasteiger partial charge in [0, 0.05) is 34.9 Å². The van der Waals surface area contributed by atoms with Gasteiger partial charge in [-0.05, 0) is 18.2 Å². The van der Waals surface area contributed by atoms with Crippen LogP contribution in [0.2, 0.25) is 0 Å². The Kier molecular flexibility index (Phi) is 5.37. The molecule has 0 aliphatic carbocycles. The van der Waals surface area contributed by atoms with Crippen molar-refractivity contribution in [3.8, 4) is 5.75 Å². The summed E-state index contributed by atoms with van der Waals surface area (Å²) >= 11 is 0. The maximum absolute atomic E-state index is 12.0. The van der Waals surface area contributed by atoms with Crippen molar-refractivity contribution in [2.45, 2.75) is 6.36 Å². The van der Waals surface area contributed by atoms with Gasteiger partial charge in [0.05, 0.1) is 5.69 Å². The van der Waals surface area contributed by atoms with Gasteiger partial charge in [0.1, 0.15) is 0 Å². The molecule has 1 aromatic carbocycles. The molecular weight excluding hydrogens is 297 g/mol.